The van der Waals surface area contributed by atoms with Crippen molar-refractivity contribution in [1.82, 2.24) is 5.32 Å². The summed E-state index contributed by atoms with van der Waals surface area (Å²) in [6.45, 7) is 0.660. The van der Waals surface area contributed by atoms with Crippen LogP contribution in [-0.2, 0) is 11.3 Å². The summed E-state index contributed by atoms with van der Waals surface area (Å²) >= 11 is 0. The van der Waals surface area contributed by atoms with E-state index >= 15 is 0 Å². The van der Waals surface area contributed by atoms with Gasteiger partial charge in [0.2, 0.25) is 0 Å². The van der Waals surface area contributed by atoms with Crippen molar-refractivity contribution in [2.75, 3.05) is 0 Å². The first-order chi connectivity index (χ1) is 5.81. The minimum Gasteiger partial charge on any atom is -0.508 e. The molecule has 1 unspecified atom stereocenters. The fourth-order valence-corrected chi connectivity index (χ4v) is 1.50. The molecule has 3 nitrogen and oxygen atoms in total. The lowest BCUT2D eigenvalue weighted by atomic mass is 10.1. The number of hydrogen-bond acceptors (Lipinski definition) is 3. The van der Waals surface area contributed by atoms with E-state index in [2.05, 4.69) is 5.32 Å². The Morgan fingerprint density at radius 3 is 3.17 bits per heavy atom. The number of benzene rings is 1. The van der Waals surface area contributed by atoms with Crippen molar-refractivity contribution in [3.05, 3.63) is 29.3 Å². The topological polar surface area (TPSA) is 49.3 Å². The van der Waals surface area contributed by atoms with E-state index in [9.17, 15) is 4.79 Å². The number of carbonyl (C=O) groups excluding carboxylic acids is 1. The standard InChI is InChI=1S/C9H9NO2/c11-5-9-8-2-1-7(12)3-6(8)4-10-9/h1-3,5,9-10,12H,4H2. The first kappa shape index (κ1) is 7.31. The maximum Gasteiger partial charge on any atom is 0.141 e. The van der Waals surface area contributed by atoms with Crippen molar-refractivity contribution in [3.63, 3.8) is 0 Å². The lowest BCUT2D eigenvalue weighted by molar-refractivity contribution is -0.109. The summed E-state index contributed by atoms with van der Waals surface area (Å²) in [5.74, 6) is 0.252. The second-order valence-electron chi connectivity index (χ2n) is 2.88. The summed E-state index contributed by atoms with van der Waals surface area (Å²) in [6, 6.07) is 4.87. The zero-order chi connectivity index (χ0) is 8.55. The molecule has 0 bridgehead atoms. The number of phenolic OH excluding ortho intramolecular Hbond substituents is 1. The van der Waals surface area contributed by atoms with Crippen LogP contribution in [0.3, 0.4) is 0 Å². The molecule has 2 rings (SSSR count). The lowest BCUT2D eigenvalue weighted by Crippen LogP contribution is -2.12. The van der Waals surface area contributed by atoms with E-state index in [4.69, 9.17) is 5.11 Å². The molecule has 1 heterocycles. The molecule has 0 aliphatic carbocycles. The van der Waals surface area contributed by atoms with Gasteiger partial charge in [-0.05, 0) is 23.3 Å². The quantitative estimate of drug-likeness (QED) is 0.600. The molecule has 1 atom stereocenters. The Morgan fingerprint density at radius 1 is 1.58 bits per heavy atom. The van der Waals surface area contributed by atoms with E-state index in [-0.39, 0.29) is 11.8 Å². The van der Waals surface area contributed by atoms with Crippen LogP contribution in [0.2, 0.25) is 0 Å². The molecule has 1 aliphatic heterocycles. The molecule has 2 N–H and O–H groups in total. The summed E-state index contributed by atoms with van der Waals surface area (Å²) in [4.78, 5) is 10.5. The molecule has 0 radical (unpaired) electrons. The number of rotatable bonds is 1. The average Bonchev–Trinajstić information content (AvgIpc) is 2.46. The highest BCUT2D eigenvalue weighted by Crippen LogP contribution is 2.26. The Balaban J connectivity index is 2.47. The van der Waals surface area contributed by atoms with E-state index in [1.165, 1.54) is 0 Å². The monoisotopic (exact) mass is 163 g/mol. The number of aldehydes is 1. The summed E-state index contributed by atoms with van der Waals surface area (Å²) in [6.07, 6.45) is 0.878. The molecule has 62 valence electrons. The Morgan fingerprint density at radius 2 is 2.42 bits per heavy atom. The van der Waals surface area contributed by atoms with E-state index < -0.39 is 0 Å². The minimum atomic E-state index is -0.194. The Labute approximate surface area is 70.0 Å². The van der Waals surface area contributed by atoms with Crippen LogP contribution in [0.5, 0.6) is 5.75 Å². The van der Waals surface area contributed by atoms with E-state index in [0.29, 0.717) is 6.54 Å². The number of nitrogens with one attached hydrogen (secondary N) is 1. The second kappa shape index (κ2) is 2.60. The molecule has 0 aromatic heterocycles. The number of phenols is 1. The van der Waals surface area contributed by atoms with Crippen LogP contribution < -0.4 is 5.32 Å². The van der Waals surface area contributed by atoms with Crippen molar-refractivity contribution in [2.24, 2.45) is 0 Å². The third-order valence-corrected chi connectivity index (χ3v) is 2.11. The van der Waals surface area contributed by atoms with Crippen molar-refractivity contribution < 1.29 is 9.90 Å². The molecule has 0 fully saturated rings. The van der Waals surface area contributed by atoms with Gasteiger partial charge in [0, 0.05) is 6.54 Å². The molecule has 0 saturated carbocycles. The number of fused-ring (bicyclic) bond motifs is 1. The number of carbonyl (C=O) groups is 1. The van der Waals surface area contributed by atoms with Gasteiger partial charge in [0.1, 0.15) is 12.0 Å². The Bertz CT molecular complexity index is 322. The first-order valence-electron chi connectivity index (χ1n) is 3.82. The van der Waals surface area contributed by atoms with E-state index in [1.54, 1.807) is 18.2 Å². The number of hydrogen-bond donors (Lipinski definition) is 2. The van der Waals surface area contributed by atoms with Gasteiger partial charge in [-0.3, -0.25) is 5.32 Å². The molecule has 0 spiro atoms. The fraction of sp³-hybridized carbons (Fsp3) is 0.222. The predicted molar refractivity (Wildman–Crippen MR) is 43.8 cm³/mol. The normalized spacial score (nSPS) is 20.5. The second-order valence-corrected chi connectivity index (χ2v) is 2.88. The lowest BCUT2D eigenvalue weighted by Gasteiger charge is -2.01. The van der Waals surface area contributed by atoms with E-state index in [1.807, 2.05) is 0 Å². The van der Waals surface area contributed by atoms with Crippen LogP contribution in [0, 0.1) is 0 Å². The highest BCUT2D eigenvalue weighted by Gasteiger charge is 2.20. The summed E-state index contributed by atoms with van der Waals surface area (Å²) in [7, 11) is 0. The van der Waals surface area contributed by atoms with Gasteiger partial charge in [-0.15, -0.1) is 0 Å². The highest BCUT2D eigenvalue weighted by molar-refractivity contribution is 5.64. The van der Waals surface area contributed by atoms with Crippen molar-refractivity contribution in [2.45, 2.75) is 12.6 Å². The summed E-state index contributed by atoms with van der Waals surface area (Å²) in [5, 5.41) is 12.2. The highest BCUT2D eigenvalue weighted by atomic mass is 16.3. The number of aromatic hydroxyl groups is 1. The summed E-state index contributed by atoms with van der Waals surface area (Å²) < 4.78 is 0. The first-order valence-corrected chi connectivity index (χ1v) is 3.82. The smallest absolute Gasteiger partial charge is 0.141 e. The Hall–Kier alpha value is -1.35. The Kier molecular flexibility index (Phi) is 1.59. The SMILES string of the molecule is O=CC1NCc2cc(O)ccc21. The van der Waals surface area contributed by atoms with Gasteiger partial charge in [0.15, 0.2) is 0 Å². The van der Waals surface area contributed by atoms with Crippen LogP contribution in [-0.4, -0.2) is 11.4 Å². The molecule has 3 heteroatoms. The maximum atomic E-state index is 10.5. The third kappa shape index (κ3) is 0.987. The zero-order valence-corrected chi connectivity index (χ0v) is 6.45. The molecule has 0 amide bonds. The van der Waals surface area contributed by atoms with Gasteiger partial charge in [-0.25, -0.2) is 0 Å². The average molecular weight is 163 g/mol. The summed E-state index contributed by atoms with van der Waals surface area (Å²) in [5.41, 5.74) is 1.98. The zero-order valence-electron chi connectivity index (χ0n) is 6.45. The maximum absolute atomic E-state index is 10.5. The third-order valence-electron chi connectivity index (χ3n) is 2.11. The van der Waals surface area contributed by atoms with Gasteiger partial charge >= 0.3 is 0 Å². The minimum absolute atomic E-state index is 0.194. The molecule has 12 heavy (non-hydrogen) atoms. The van der Waals surface area contributed by atoms with Crippen LogP contribution in [0.1, 0.15) is 17.2 Å². The molecular weight excluding hydrogens is 154 g/mol. The van der Waals surface area contributed by atoms with Crippen molar-refractivity contribution >= 4 is 6.29 Å². The van der Waals surface area contributed by atoms with Crippen LogP contribution in [0.15, 0.2) is 18.2 Å². The van der Waals surface area contributed by atoms with Gasteiger partial charge in [0.05, 0.1) is 6.04 Å². The predicted octanol–water partition coefficient (Wildman–Crippen LogP) is 0.735. The van der Waals surface area contributed by atoms with Crippen molar-refractivity contribution in [3.8, 4) is 5.75 Å². The van der Waals surface area contributed by atoms with Crippen LogP contribution in [0.25, 0.3) is 0 Å². The van der Waals surface area contributed by atoms with Crippen molar-refractivity contribution in [1.29, 1.82) is 0 Å². The van der Waals surface area contributed by atoms with Gasteiger partial charge in [-0.1, -0.05) is 6.07 Å². The van der Waals surface area contributed by atoms with Gasteiger partial charge < -0.3 is 9.90 Å². The van der Waals surface area contributed by atoms with E-state index in [0.717, 1.165) is 17.4 Å². The largest absolute Gasteiger partial charge is 0.508 e. The fourth-order valence-electron chi connectivity index (χ4n) is 1.50. The molecule has 1 aromatic rings. The molecule has 1 aliphatic rings. The molecule has 1 aromatic carbocycles. The van der Waals surface area contributed by atoms with Gasteiger partial charge in [-0.2, -0.15) is 0 Å². The van der Waals surface area contributed by atoms with Gasteiger partial charge in [0.25, 0.3) is 0 Å². The van der Waals surface area contributed by atoms with Crippen LogP contribution in [0.4, 0.5) is 0 Å². The molecule has 0 saturated heterocycles. The molecular formula is C9H9NO2. The van der Waals surface area contributed by atoms with Crippen LogP contribution >= 0.6 is 0 Å².